The number of ether oxygens (including phenoxy) is 4. The maximum Gasteiger partial charge on any atom is 0.347 e. The van der Waals surface area contributed by atoms with Crippen LogP contribution < -0.4 is 15.2 Å². The smallest absolute Gasteiger partial charge is 0.347 e. The van der Waals surface area contributed by atoms with E-state index in [9.17, 15) is 0 Å². The number of rotatable bonds is 17. The highest BCUT2D eigenvalue weighted by Crippen LogP contribution is 2.51. The normalized spacial score (nSPS) is 18.3. The number of hydrogen-bond acceptors (Lipinski definition) is 12. The Balaban J connectivity index is 1.43. The van der Waals surface area contributed by atoms with Gasteiger partial charge >= 0.3 is 8.53 Å². The van der Waals surface area contributed by atoms with Crippen molar-refractivity contribution in [2.24, 2.45) is 5.16 Å². The Labute approximate surface area is 318 Å². The van der Waals surface area contributed by atoms with Crippen molar-refractivity contribution in [3.8, 4) is 11.5 Å². The second-order valence-electron chi connectivity index (χ2n) is 13.5. The van der Waals surface area contributed by atoms with Crippen molar-refractivity contribution in [3.05, 3.63) is 114 Å². The lowest BCUT2D eigenvalue weighted by Crippen LogP contribution is -2.39. The molecule has 6 rings (SSSR count). The number of nitrogens with zero attached hydrogens (tertiary/aromatic N) is 6. The van der Waals surface area contributed by atoms with Crippen LogP contribution >= 0.6 is 8.53 Å². The molecule has 13 nitrogen and oxygen atoms in total. The zero-order valence-corrected chi connectivity index (χ0v) is 32.8. The molecule has 2 N–H and O–H groups in total. The molecule has 0 spiro atoms. The van der Waals surface area contributed by atoms with Crippen molar-refractivity contribution >= 4 is 26.3 Å². The van der Waals surface area contributed by atoms with Gasteiger partial charge in [-0.05, 0) is 75.1 Å². The Hall–Kier alpha value is -4.65. The maximum absolute atomic E-state index is 7.33. The number of benzene rings is 3. The molecular formula is C40H50N7O6P. The van der Waals surface area contributed by atoms with Gasteiger partial charge in [0.05, 0.1) is 39.2 Å². The molecule has 4 atom stereocenters. The summed E-state index contributed by atoms with van der Waals surface area (Å²) in [4.78, 5) is 8.61. The summed E-state index contributed by atoms with van der Waals surface area (Å²) < 4.78 is 42.2. The molecule has 286 valence electrons. The Bertz CT molecular complexity index is 1900. The number of aromatic nitrogens is 4. The Morgan fingerprint density at radius 3 is 2.11 bits per heavy atom. The van der Waals surface area contributed by atoms with Crippen LogP contribution in [0.2, 0.25) is 0 Å². The van der Waals surface area contributed by atoms with E-state index >= 15 is 0 Å². The lowest BCUT2D eigenvalue weighted by Gasteiger charge is -2.38. The van der Waals surface area contributed by atoms with Crippen LogP contribution in [0.3, 0.4) is 0 Å². The molecule has 14 heteroatoms. The van der Waals surface area contributed by atoms with Crippen LogP contribution in [0, 0.1) is 0 Å². The van der Waals surface area contributed by atoms with Crippen molar-refractivity contribution < 1.29 is 28.1 Å². The average Bonchev–Trinajstić information content (AvgIpc) is 3.80. The van der Waals surface area contributed by atoms with Gasteiger partial charge in [0.25, 0.3) is 0 Å². The van der Waals surface area contributed by atoms with Crippen LogP contribution in [-0.4, -0.2) is 75.6 Å². The van der Waals surface area contributed by atoms with E-state index < -0.39 is 32.4 Å². The minimum absolute atomic E-state index is 0.121. The summed E-state index contributed by atoms with van der Waals surface area (Å²) in [5, 5.41) is 8.77. The number of nitrogen functional groups attached to an aromatic ring is 1. The first-order valence-corrected chi connectivity index (χ1v) is 19.3. The molecule has 1 aliphatic heterocycles. The summed E-state index contributed by atoms with van der Waals surface area (Å²) >= 11 is 0. The van der Waals surface area contributed by atoms with Crippen molar-refractivity contribution in [2.75, 3.05) is 26.6 Å². The molecular weight excluding hydrogens is 705 g/mol. The van der Waals surface area contributed by atoms with Crippen molar-refractivity contribution in [2.45, 2.75) is 83.5 Å². The predicted molar refractivity (Wildman–Crippen MR) is 209 cm³/mol. The zero-order chi connectivity index (χ0) is 38.2. The molecule has 1 fully saturated rings. The molecule has 3 heterocycles. The minimum atomic E-state index is -1.64. The SMILES string of the molecule is CC/C=N/OP(OC1CC(c2cnn3c(N)ncnc23)OC1COC(c1ccccc1)(c1ccc(OC)cc1)c1ccc(OC)cc1)N(C(C)C)C(C)C. The lowest BCUT2D eigenvalue weighted by atomic mass is 9.80. The van der Waals surface area contributed by atoms with E-state index in [1.807, 2.05) is 73.7 Å². The highest BCUT2D eigenvalue weighted by molar-refractivity contribution is 7.44. The maximum atomic E-state index is 7.33. The Kier molecular flexibility index (Phi) is 12.8. The molecule has 0 amide bonds. The van der Waals surface area contributed by atoms with Gasteiger partial charge in [-0.3, -0.25) is 0 Å². The summed E-state index contributed by atoms with van der Waals surface area (Å²) in [5.41, 5.74) is 9.19. The third-order valence-electron chi connectivity index (χ3n) is 9.39. The van der Waals surface area contributed by atoms with Crippen LogP contribution in [0.25, 0.3) is 5.65 Å². The van der Waals surface area contributed by atoms with E-state index in [1.54, 1.807) is 26.6 Å². The molecule has 0 bridgehead atoms. The highest BCUT2D eigenvalue weighted by atomic mass is 31.2. The van der Waals surface area contributed by atoms with Gasteiger partial charge in [0.1, 0.15) is 29.5 Å². The Morgan fingerprint density at radius 1 is 0.926 bits per heavy atom. The van der Waals surface area contributed by atoms with Gasteiger partial charge in [0.2, 0.25) is 5.95 Å². The largest absolute Gasteiger partial charge is 0.497 e. The fraction of sp³-hybridized carbons (Fsp3) is 0.400. The zero-order valence-electron chi connectivity index (χ0n) is 31.9. The van der Waals surface area contributed by atoms with Gasteiger partial charge in [0, 0.05) is 30.3 Å². The number of fused-ring (bicyclic) bond motifs is 1. The van der Waals surface area contributed by atoms with Gasteiger partial charge in [-0.1, -0.05) is 66.7 Å². The predicted octanol–water partition coefficient (Wildman–Crippen LogP) is 7.71. The number of oxime groups is 1. The Morgan fingerprint density at radius 2 is 1.54 bits per heavy atom. The van der Waals surface area contributed by atoms with Crippen LogP contribution in [0.1, 0.15) is 75.8 Å². The van der Waals surface area contributed by atoms with Crippen molar-refractivity contribution in [1.29, 1.82) is 0 Å². The third kappa shape index (κ3) is 8.20. The highest BCUT2D eigenvalue weighted by Gasteiger charge is 2.45. The molecule has 1 saturated heterocycles. The topological polar surface area (TPSA) is 140 Å². The van der Waals surface area contributed by atoms with Crippen molar-refractivity contribution in [3.63, 3.8) is 0 Å². The molecule has 5 aromatic rings. The van der Waals surface area contributed by atoms with Crippen LogP contribution in [0.15, 0.2) is 96.5 Å². The summed E-state index contributed by atoms with van der Waals surface area (Å²) in [6, 6.07) is 26.3. The molecule has 54 heavy (non-hydrogen) atoms. The number of nitrogens with two attached hydrogens (primary N) is 1. The fourth-order valence-corrected chi connectivity index (χ4v) is 8.47. The molecule has 0 radical (unpaired) electrons. The first kappa shape index (κ1) is 39.1. The number of anilines is 1. The van der Waals surface area contributed by atoms with Gasteiger partial charge in [0.15, 0.2) is 5.65 Å². The van der Waals surface area contributed by atoms with E-state index in [0.29, 0.717) is 12.1 Å². The first-order chi connectivity index (χ1) is 26.2. The van der Waals surface area contributed by atoms with Gasteiger partial charge in [-0.15, -0.1) is 0 Å². The molecule has 1 aliphatic rings. The second kappa shape index (κ2) is 17.7. The number of hydrogen-bond donors (Lipinski definition) is 1. The standard InChI is InChI=1S/C40H50N7O6P/c1-8-22-45-53-54(47(27(2)3)28(4)5)52-36-23-35(34-24-44-46-38(34)42-26-43-39(46)41)51-37(36)25-50-40(29-12-10-9-11-13-29,30-14-18-32(48-6)19-15-30)31-16-20-33(49-7)21-17-31/h9-22,24,26-28,35-37H,8,23,25H2,1-7H3,(H2,41,42,43)/b45-22+. The summed E-state index contributed by atoms with van der Waals surface area (Å²) in [5.74, 6) is 1.71. The molecule has 0 saturated carbocycles. The van der Waals surface area contributed by atoms with E-state index in [0.717, 1.165) is 40.2 Å². The summed E-state index contributed by atoms with van der Waals surface area (Å²) in [6.45, 7) is 10.7. The first-order valence-electron chi connectivity index (χ1n) is 18.2. The minimum Gasteiger partial charge on any atom is -0.497 e. The second-order valence-corrected chi connectivity index (χ2v) is 14.8. The average molecular weight is 756 g/mol. The number of methoxy groups -OCH3 is 2. The quantitative estimate of drug-likeness (QED) is 0.0432. The summed E-state index contributed by atoms with van der Waals surface area (Å²) in [7, 11) is 1.67. The van der Waals surface area contributed by atoms with Gasteiger partial charge in [-0.2, -0.15) is 9.61 Å². The third-order valence-corrected chi connectivity index (χ3v) is 11.4. The van der Waals surface area contributed by atoms with Gasteiger partial charge < -0.3 is 33.8 Å². The molecule has 4 unspecified atom stereocenters. The van der Waals surface area contributed by atoms with Crippen LogP contribution in [0.5, 0.6) is 11.5 Å². The molecule has 2 aromatic heterocycles. The molecule has 0 aliphatic carbocycles. The van der Waals surface area contributed by atoms with Crippen LogP contribution in [-0.2, 0) is 24.2 Å². The molecule has 3 aromatic carbocycles. The van der Waals surface area contributed by atoms with Crippen molar-refractivity contribution in [1.82, 2.24) is 24.3 Å². The van der Waals surface area contributed by atoms with E-state index in [-0.39, 0.29) is 24.6 Å². The van der Waals surface area contributed by atoms with E-state index in [2.05, 4.69) is 64.7 Å². The summed E-state index contributed by atoms with van der Waals surface area (Å²) in [6.07, 6.45) is 4.66. The van der Waals surface area contributed by atoms with Crippen LogP contribution in [0.4, 0.5) is 5.95 Å². The fourth-order valence-electron chi connectivity index (χ4n) is 6.89. The van der Waals surface area contributed by atoms with E-state index in [1.165, 1.54) is 10.8 Å². The van der Waals surface area contributed by atoms with E-state index in [4.69, 9.17) is 33.8 Å². The monoisotopic (exact) mass is 755 g/mol. The lowest BCUT2D eigenvalue weighted by molar-refractivity contribution is -0.0805. The van der Waals surface area contributed by atoms with Gasteiger partial charge in [-0.25, -0.2) is 14.6 Å².